The molecule has 7 nitrogen and oxygen atoms in total. The molecule has 2 N–H and O–H groups in total. The van der Waals surface area contributed by atoms with Gasteiger partial charge in [-0.05, 0) is 49.7 Å². The van der Waals surface area contributed by atoms with Crippen LogP contribution in [0.25, 0.3) is 0 Å². The third-order valence-electron chi connectivity index (χ3n) is 4.28. The molecule has 3 aromatic rings. The fourth-order valence-electron chi connectivity index (χ4n) is 2.83. The van der Waals surface area contributed by atoms with Crippen LogP contribution in [0.15, 0.2) is 58.2 Å². The summed E-state index contributed by atoms with van der Waals surface area (Å²) >= 11 is 4.71. The lowest BCUT2D eigenvalue weighted by molar-refractivity contribution is -0.116. The van der Waals surface area contributed by atoms with E-state index in [-0.39, 0.29) is 24.0 Å². The molecular weight excluding hydrogens is 466 g/mol. The molecule has 0 spiro atoms. The number of carbonyl (C=O) groups excluding carboxylic acids is 2. The van der Waals surface area contributed by atoms with Crippen LogP contribution in [0, 0.1) is 6.92 Å². The molecule has 156 valence electrons. The number of amides is 2. The first-order chi connectivity index (χ1) is 14.5. The number of hydrogen-bond donors (Lipinski definition) is 2. The van der Waals surface area contributed by atoms with Crippen LogP contribution in [0.2, 0.25) is 0 Å². The van der Waals surface area contributed by atoms with Crippen LogP contribution in [-0.4, -0.2) is 32.3 Å². The van der Waals surface area contributed by atoms with Gasteiger partial charge in [0.05, 0.1) is 12.2 Å². The van der Waals surface area contributed by atoms with Gasteiger partial charge < -0.3 is 15.2 Å². The number of thioether (sulfide) groups is 1. The molecule has 0 saturated heterocycles. The lowest BCUT2D eigenvalue weighted by Crippen LogP contribution is -2.18. The fourth-order valence-corrected chi connectivity index (χ4v) is 4.12. The van der Waals surface area contributed by atoms with Gasteiger partial charge in [0.1, 0.15) is 5.82 Å². The van der Waals surface area contributed by atoms with Gasteiger partial charge in [-0.25, -0.2) is 0 Å². The first kappa shape index (κ1) is 22.0. The maximum absolute atomic E-state index is 12.3. The van der Waals surface area contributed by atoms with Crippen LogP contribution < -0.4 is 10.6 Å². The molecule has 9 heteroatoms. The minimum absolute atomic E-state index is 0.112. The molecule has 0 aliphatic heterocycles. The number of aryl methyl sites for hydroxylation is 1. The van der Waals surface area contributed by atoms with Crippen molar-refractivity contribution in [2.45, 2.75) is 32.0 Å². The van der Waals surface area contributed by atoms with Crippen molar-refractivity contribution in [2.75, 3.05) is 16.4 Å². The van der Waals surface area contributed by atoms with Gasteiger partial charge in [0, 0.05) is 22.4 Å². The third-order valence-corrected chi connectivity index (χ3v) is 5.74. The molecule has 1 heterocycles. The maximum Gasteiger partial charge on any atom is 0.234 e. The standard InChI is InChI=1S/C21H22BrN5O2S/c1-3-27-18(12-19(28)23-16-7-5-4-6-8-16)25-26-21(27)30-13-20(29)24-17-10-9-15(22)11-14(17)2/h4-11H,3,12-13H2,1-2H3,(H,23,28)(H,24,29). The van der Waals surface area contributed by atoms with Gasteiger partial charge in [0.15, 0.2) is 5.16 Å². The topological polar surface area (TPSA) is 88.9 Å². The zero-order valence-corrected chi connectivity index (χ0v) is 19.1. The molecule has 0 unspecified atom stereocenters. The average molecular weight is 488 g/mol. The van der Waals surface area contributed by atoms with Crippen molar-refractivity contribution in [3.8, 4) is 0 Å². The van der Waals surface area contributed by atoms with E-state index < -0.39 is 0 Å². The predicted octanol–water partition coefficient (Wildman–Crippen LogP) is 4.28. The SMILES string of the molecule is CCn1c(CC(=O)Nc2ccccc2)nnc1SCC(=O)Nc1ccc(Br)cc1C. The Kier molecular flexibility index (Phi) is 7.64. The van der Waals surface area contributed by atoms with E-state index in [4.69, 9.17) is 0 Å². The summed E-state index contributed by atoms with van der Waals surface area (Å²) in [5, 5.41) is 14.7. The van der Waals surface area contributed by atoms with Crippen molar-refractivity contribution >= 4 is 50.9 Å². The molecule has 0 radical (unpaired) electrons. The Balaban J connectivity index is 1.58. The molecule has 1 aromatic heterocycles. The monoisotopic (exact) mass is 487 g/mol. The van der Waals surface area contributed by atoms with E-state index in [0.717, 1.165) is 21.4 Å². The van der Waals surface area contributed by atoms with Gasteiger partial charge in [-0.1, -0.05) is 45.9 Å². The molecule has 2 amide bonds. The predicted molar refractivity (Wildman–Crippen MR) is 123 cm³/mol. The van der Waals surface area contributed by atoms with Gasteiger partial charge >= 0.3 is 0 Å². The van der Waals surface area contributed by atoms with Crippen LogP contribution >= 0.6 is 27.7 Å². The minimum Gasteiger partial charge on any atom is -0.326 e. The normalized spacial score (nSPS) is 10.6. The Hall–Kier alpha value is -2.65. The summed E-state index contributed by atoms with van der Waals surface area (Å²) in [6.07, 6.45) is 0.112. The molecule has 0 saturated carbocycles. The van der Waals surface area contributed by atoms with Gasteiger partial charge in [-0.15, -0.1) is 10.2 Å². The number of halogens is 1. The van der Waals surface area contributed by atoms with Crippen LogP contribution in [0.3, 0.4) is 0 Å². The second-order valence-electron chi connectivity index (χ2n) is 6.53. The Morgan fingerprint density at radius 1 is 1.07 bits per heavy atom. The first-order valence-corrected chi connectivity index (χ1v) is 11.2. The van der Waals surface area contributed by atoms with Crippen LogP contribution in [0.5, 0.6) is 0 Å². The summed E-state index contributed by atoms with van der Waals surface area (Å²) in [5.41, 5.74) is 2.49. The molecule has 0 aliphatic rings. The highest BCUT2D eigenvalue weighted by Gasteiger charge is 2.16. The number of rotatable bonds is 8. The Morgan fingerprint density at radius 2 is 1.83 bits per heavy atom. The number of carbonyl (C=O) groups is 2. The number of aromatic nitrogens is 3. The van der Waals surface area contributed by atoms with Crippen molar-refractivity contribution < 1.29 is 9.59 Å². The maximum atomic E-state index is 12.3. The summed E-state index contributed by atoms with van der Waals surface area (Å²) in [4.78, 5) is 24.7. The average Bonchev–Trinajstić information content (AvgIpc) is 3.10. The van der Waals surface area contributed by atoms with Crippen LogP contribution in [0.1, 0.15) is 18.3 Å². The summed E-state index contributed by atoms with van der Waals surface area (Å²) < 4.78 is 2.82. The van der Waals surface area contributed by atoms with E-state index >= 15 is 0 Å². The number of anilines is 2. The molecule has 0 atom stereocenters. The van der Waals surface area contributed by atoms with Gasteiger partial charge in [-0.3, -0.25) is 9.59 Å². The summed E-state index contributed by atoms with van der Waals surface area (Å²) in [6.45, 7) is 4.50. The third kappa shape index (κ3) is 5.93. The second-order valence-corrected chi connectivity index (χ2v) is 8.39. The van der Waals surface area contributed by atoms with Gasteiger partial charge in [0.25, 0.3) is 0 Å². The van der Waals surface area contributed by atoms with Gasteiger partial charge in [-0.2, -0.15) is 0 Å². The lowest BCUT2D eigenvalue weighted by Gasteiger charge is -2.10. The van der Waals surface area contributed by atoms with E-state index in [1.165, 1.54) is 11.8 Å². The largest absolute Gasteiger partial charge is 0.326 e. The van der Waals surface area contributed by atoms with Crippen LogP contribution in [0.4, 0.5) is 11.4 Å². The van der Waals surface area contributed by atoms with E-state index in [1.807, 2.05) is 66.9 Å². The minimum atomic E-state index is -0.164. The van der Waals surface area contributed by atoms with Crippen molar-refractivity contribution in [3.63, 3.8) is 0 Å². The van der Waals surface area contributed by atoms with Crippen molar-refractivity contribution in [3.05, 3.63) is 64.4 Å². The molecule has 0 bridgehead atoms. The molecule has 0 fully saturated rings. The summed E-state index contributed by atoms with van der Waals surface area (Å²) in [5.74, 6) is 0.476. The Labute approximate surface area is 187 Å². The number of nitrogens with zero attached hydrogens (tertiary/aromatic N) is 3. The van der Waals surface area contributed by atoms with Gasteiger partial charge in [0.2, 0.25) is 11.8 Å². The zero-order chi connectivity index (χ0) is 21.5. The molecule has 2 aromatic carbocycles. The molecule has 30 heavy (non-hydrogen) atoms. The summed E-state index contributed by atoms with van der Waals surface area (Å²) in [7, 11) is 0. The second kappa shape index (κ2) is 10.4. The van der Waals surface area contributed by atoms with Crippen molar-refractivity contribution in [2.24, 2.45) is 0 Å². The molecular formula is C21H22BrN5O2S. The number of hydrogen-bond acceptors (Lipinski definition) is 5. The highest BCUT2D eigenvalue weighted by atomic mass is 79.9. The smallest absolute Gasteiger partial charge is 0.234 e. The van der Waals surface area contributed by atoms with Crippen molar-refractivity contribution in [1.29, 1.82) is 0 Å². The highest BCUT2D eigenvalue weighted by molar-refractivity contribution is 9.10. The van der Waals surface area contributed by atoms with E-state index in [2.05, 4.69) is 36.8 Å². The summed E-state index contributed by atoms with van der Waals surface area (Å²) in [6, 6.07) is 15.0. The Morgan fingerprint density at radius 3 is 2.53 bits per heavy atom. The van der Waals surface area contributed by atoms with E-state index in [9.17, 15) is 9.59 Å². The first-order valence-electron chi connectivity index (χ1n) is 9.42. The number of nitrogens with one attached hydrogen (secondary N) is 2. The van der Waals surface area contributed by atoms with E-state index in [0.29, 0.717) is 17.5 Å². The number of benzene rings is 2. The highest BCUT2D eigenvalue weighted by Crippen LogP contribution is 2.22. The van der Waals surface area contributed by atoms with E-state index in [1.54, 1.807) is 0 Å². The number of para-hydroxylation sites is 1. The molecule has 3 rings (SSSR count). The molecule has 0 aliphatic carbocycles. The lowest BCUT2D eigenvalue weighted by atomic mass is 10.2. The fraction of sp³-hybridized carbons (Fsp3) is 0.238. The van der Waals surface area contributed by atoms with Crippen molar-refractivity contribution in [1.82, 2.24) is 14.8 Å². The Bertz CT molecular complexity index is 1040. The zero-order valence-electron chi connectivity index (χ0n) is 16.7. The van der Waals surface area contributed by atoms with Crippen LogP contribution in [-0.2, 0) is 22.6 Å². The quantitative estimate of drug-likeness (QED) is 0.462.